The number of methoxy groups -OCH3 is 1. The van der Waals surface area contributed by atoms with Gasteiger partial charge in [0.1, 0.15) is 5.75 Å². The summed E-state index contributed by atoms with van der Waals surface area (Å²) in [7, 11) is 1.67. The van der Waals surface area contributed by atoms with Gasteiger partial charge in [0.15, 0.2) is 0 Å². The molecule has 2 rings (SSSR count). The smallest absolute Gasteiger partial charge is 0.119 e. The molecule has 2 aromatic rings. The highest BCUT2D eigenvalue weighted by molar-refractivity contribution is 5.84. The summed E-state index contributed by atoms with van der Waals surface area (Å²) in [5.74, 6) is 0.867. The average molecular weight is 230 g/mol. The van der Waals surface area contributed by atoms with Gasteiger partial charge in [0.05, 0.1) is 13.7 Å². The van der Waals surface area contributed by atoms with Crippen molar-refractivity contribution in [2.24, 2.45) is 0 Å². The Kier molecular flexibility index (Phi) is 3.07. The number of fused-ring (bicyclic) bond motifs is 1. The number of aliphatic hydroxyl groups is 1. The molecule has 17 heavy (non-hydrogen) atoms. The molecule has 90 valence electrons. The molecule has 0 unspecified atom stereocenters. The summed E-state index contributed by atoms with van der Waals surface area (Å²) in [4.78, 5) is 0. The van der Waals surface area contributed by atoms with Gasteiger partial charge in [-0.05, 0) is 28.5 Å². The molecule has 2 aromatic carbocycles. The summed E-state index contributed by atoms with van der Waals surface area (Å²) in [5, 5.41) is 11.7. The predicted molar refractivity (Wildman–Crippen MR) is 70.6 cm³/mol. The molecular formula is C15H18O2. The highest BCUT2D eigenvalue weighted by Gasteiger charge is 2.19. The SMILES string of the molecule is COc1ccc2cc(C(C)(C)CO)ccc2c1. The Morgan fingerprint density at radius 1 is 1.06 bits per heavy atom. The Balaban J connectivity index is 2.52. The zero-order valence-electron chi connectivity index (χ0n) is 10.5. The molecule has 0 aliphatic carbocycles. The van der Waals surface area contributed by atoms with Crippen LogP contribution < -0.4 is 4.74 Å². The standard InChI is InChI=1S/C15H18O2/c1-15(2,10-16)13-6-4-12-9-14(17-3)7-5-11(12)8-13/h4-9,16H,10H2,1-3H3. The second-order valence-corrected chi connectivity index (χ2v) is 4.97. The third kappa shape index (κ3) is 2.27. The second kappa shape index (κ2) is 4.38. The van der Waals surface area contributed by atoms with Crippen LogP contribution in [0.1, 0.15) is 19.4 Å². The Morgan fingerprint density at radius 2 is 1.71 bits per heavy atom. The van der Waals surface area contributed by atoms with E-state index >= 15 is 0 Å². The van der Waals surface area contributed by atoms with Crippen LogP contribution >= 0.6 is 0 Å². The normalized spacial score (nSPS) is 11.8. The van der Waals surface area contributed by atoms with Crippen molar-refractivity contribution >= 4 is 10.8 Å². The van der Waals surface area contributed by atoms with E-state index in [1.807, 2.05) is 32.0 Å². The van der Waals surface area contributed by atoms with E-state index in [1.54, 1.807) is 7.11 Å². The van der Waals surface area contributed by atoms with Gasteiger partial charge >= 0.3 is 0 Å². The number of benzene rings is 2. The lowest BCUT2D eigenvalue weighted by Gasteiger charge is -2.22. The summed E-state index contributed by atoms with van der Waals surface area (Å²) in [5.41, 5.74) is 0.950. The number of ether oxygens (including phenoxy) is 1. The monoisotopic (exact) mass is 230 g/mol. The van der Waals surface area contributed by atoms with Crippen molar-refractivity contribution in [2.75, 3.05) is 13.7 Å². The van der Waals surface area contributed by atoms with Gasteiger partial charge in [0, 0.05) is 5.41 Å². The van der Waals surface area contributed by atoms with Gasteiger partial charge in [-0.15, -0.1) is 0 Å². The summed E-state index contributed by atoms with van der Waals surface area (Å²) < 4.78 is 5.20. The summed E-state index contributed by atoms with van der Waals surface area (Å²) in [6.45, 7) is 4.23. The van der Waals surface area contributed by atoms with Crippen molar-refractivity contribution in [2.45, 2.75) is 19.3 Å². The first-order valence-electron chi connectivity index (χ1n) is 5.76. The third-order valence-electron chi connectivity index (χ3n) is 3.22. The minimum Gasteiger partial charge on any atom is -0.497 e. The van der Waals surface area contributed by atoms with Crippen molar-refractivity contribution < 1.29 is 9.84 Å². The molecule has 0 saturated heterocycles. The van der Waals surface area contributed by atoms with Crippen molar-refractivity contribution in [1.29, 1.82) is 0 Å². The molecule has 2 nitrogen and oxygen atoms in total. The van der Waals surface area contributed by atoms with E-state index in [1.165, 1.54) is 5.39 Å². The molecule has 0 spiro atoms. The number of aliphatic hydroxyl groups excluding tert-OH is 1. The van der Waals surface area contributed by atoms with Crippen LogP contribution in [-0.4, -0.2) is 18.8 Å². The fourth-order valence-electron chi connectivity index (χ4n) is 1.86. The Morgan fingerprint density at radius 3 is 2.35 bits per heavy atom. The van der Waals surface area contributed by atoms with Crippen LogP contribution in [-0.2, 0) is 5.41 Å². The van der Waals surface area contributed by atoms with Crippen molar-refractivity contribution in [3.8, 4) is 5.75 Å². The van der Waals surface area contributed by atoms with Crippen molar-refractivity contribution in [1.82, 2.24) is 0 Å². The van der Waals surface area contributed by atoms with E-state index in [4.69, 9.17) is 4.74 Å². The van der Waals surface area contributed by atoms with E-state index in [2.05, 4.69) is 18.2 Å². The van der Waals surface area contributed by atoms with E-state index in [9.17, 15) is 5.11 Å². The first-order chi connectivity index (χ1) is 8.06. The van der Waals surface area contributed by atoms with Gasteiger partial charge in [0.25, 0.3) is 0 Å². The van der Waals surface area contributed by atoms with Gasteiger partial charge in [-0.2, -0.15) is 0 Å². The number of rotatable bonds is 3. The van der Waals surface area contributed by atoms with Crippen LogP contribution in [0.15, 0.2) is 36.4 Å². The van der Waals surface area contributed by atoms with E-state index in [0.717, 1.165) is 16.7 Å². The van der Waals surface area contributed by atoms with Crippen LogP contribution in [0.4, 0.5) is 0 Å². The molecule has 0 aromatic heterocycles. The number of hydrogen-bond donors (Lipinski definition) is 1. The molecule has 0 aliphatic heterocycles. The van der Waals surface area contributed by atoms with E-state index in [0.29, 0.717) is 0 Å². The Bertz CT molecular complexity index is 529. The Labute approximate surface area is 102 Å². The fraction of sp³-hybridized carbons (Fsp3) is 0.333. The van der Waals surface area contributed by atoms with Crippen LogP contribution in [0.5, 0.6) is 5.75 Å². The maximum atomic E-state index is 9.38. The predicted octanol–water partition coefficient (Wildman–Crippen LogP) is 3.12. The van der Waals surface area contributed by atoms with Crippen molar-refractivity contribution in [3.05, 3.63) is 42.0 Å². The van der Waals surface area contributed by atoms with Crippen LogP contribution in [0, 0.1) is 0 Å². The second-order valence-electron chi connectivity index (χ2n) is 4.97. The quantitative estimate of drug-likeness (QED) is 0.877. The van der Waals surface area contributed by atoms with E-state index < -0.39 is 0 Å². The van der Waals surface area contributed by atoms with Gasteiger partial charge in [-0.25, -0.2) is 0 Å². The lowest BCUT2D eigenvalue weighted by molar-refractivity contribution is 0.218. The zero-order valence-corrected chi connectivity index (χ0v) is 10.5. The maximum absolute atomic E-state index is 9.38. The maximum Gasteiger partial charge on any atom is 0.119 e. The molecule has 0 radical (unpaired) electrons. The summed E-state index contributed by atoms with van der Waals surface area (Å²) in [6, 6.07) is 12.3. The molecule has 1 N–H and O–H groups in total. The van der Waals surface area contributed by atoms with Crippen LogP contribution in [0.3, 0.4) is 0 Å². The highest BCUT2D eigenvalue weighted by Crippen LogP contribution is 2.28. The minimum atomic E-state index is -0.200. The topological polar surface area (TPSA) is 29.5 Å². The van der Waals surface area contributed by atoms with Gasteiger partial charge < -0.3 is 9.84 Å². The molecule has 0 aliphatic rings. The number of hydrogen-bond acceptors (Lipinski definition) is 2. The lowest BCUT2D eigenvalue weighted by Crippen LogP contribution is -2.21. The Hall–Kier alpha value is -1.54. The van der Waals surface area contributed by atoms with Gasteiger partial charge in [-0.3, -0.25) is 0 Å². The molecule has 0 heterocycles. The van der Waals surface area contributed by atoms with Crippen molar-refractivity contribution in [3.63, 3.8) is 0 Å². The van der Waals surface area contributed by atoms with Crippen LogP contribution in [0.2, 0.25) is 0 Å². The molecule has 0 amide bonds. The minimum absolute atomic E-state index is 0.147. The largest absolute Gasteiger partial charge is 0.497 e. The summed E-state index contributed by atoms with van der Waals surface area (Å²) in [6.07, 6.45) is 0. The molecule has 2 heteroatoms. The highest BCUT2D eigenvalue weighted by atomic mass is 16.5. The average Bonchev–Trinajstić information content (AvgIpc) is 2.37. The first kappa shape index (κ1) is 11.9. The molecule has 0 fully saturated rings. The summed E-state index contributed by atoms with van der Waals surface area (Å²) >= 11 is 0. The molecular weight excluding hydrogens is 212 g/mol. The lowest BCUT2D eigenvalue weighted by atomic mass is 9.84. The zero-order chi connectivity index (χ0) is 12.5. The third-order valence-corrected chi connectivity index (χ3v) is 3.22. The molecule has 0 saturated carbocycles. The van der Waals surface area contributed by atoms with Gasteiger partial charge in [-0.1, -0.05) is 38.1 Å². The first-order valence-corrected chi connectivity index (χ1v) is 5.76. The van der Waals surface area contributed by atoms with E-state index in [-0.39, 0.29) is 12.0 Å². The molecule has 0 atom stereocenters. The van der Waals surface area contributed by atoms with Crippen LogP contribution in [0.25, 0.3) is 10.8 Å². The van der Waals surface area contributed by atoms with Gasteiger partial charge in [0.2, 0.25) is 0 Å². The molecule has 0 bridgehead atoms. The fourth-order valence-corrected chi connectivity index (χ4v) is 1.86.